The number of thioether (sulfide) groups is 1. The number of hydrogen-bond acceptors (Lipinski definition) is 6. The van der Waals surface area contributed by atoms with Crippen LogP contribution in [0.25, 0.3) is 0 Å². The van der Waals surface area contributed by atoms with Crippen LogP contribution in [-0.4, -0.2) is 41.3 Å². The lowest BCUT2D eigenvalue weighted by Crippen LogP contribution is -2.27. The van der Waals surface area contributed by atoms with Crippen LogP contribution in [-0.2, 0) is 27.2 Å². The van der Waals surface area contributed by atoms with E-state index < -0.39 is 5.97 Å². The summed E-state index contributed by atoms with van der Waals surface area (Å²) in [5.74, 6) is -0.573. The van der Waals surface area contributed by atoms with Crippen molar-refractivity contribution >= 4 is 35.2 Å². The smallest absolute Gasteiger partial charge is 0.311 e. The Labute approximate surface area is 159 Å². The topological polar surface area (TPSA) is 101 Å². The van der Waals surface area contributed by atoms with Gasteiger partial charge in [0, 0.05) is 17.6 Å². The number of rotatable bonds is 8. The van der Waals surface area contributed by atoms with Gasteiger partial charge in [-0.15, -0.1) is 0 Å². The summed E-state index contributed by atoms with van der Waals surface area (Å²) in [4.78, 5) is 41.5. The third kappa shape index (κ3) is 6.89. The van der Waals surface area contributed by atoms with Crippen LogP contribution in [0.2, 0.25) is 5.02 Å². The highest BCUT2D eigenvalue weighted by Crippen LogP contribution is 2.12. The van der Waals surface area contributed by atoms with Gasteiger partial charge in [0.25, 0.3) is 5.56 Å². The summed E-state index contributed by atoms with van der Waals surface area (Å²) in [6.45, 7) is 0.478. The molecule has 0 aliphatic rings. The Bertz CT molecular complexity index is 841. The molecule has 1 aromatic carbocycles. The maximum absolute atomic E-state index is 11.9. The van der Waals surface area contributed by atoms with Crippen molar-refractivity contribution in [1.82, 2.24) is 15.3 Å². The molecular formula is C17H18ClN3O4S. The normalized spacial score (nSPS) is 10.4. The average molecular weight is 396 g/mol. The molecule has 2 aromatic rings. The molecule has 0 bridgehead atoms. The summed E-state index contributed by atoms with van der Waals surface area (Å²) in [7, 11) is 1.26. The van der Waals surface area contributed by atoms with E-state index in [0.29, 0.717) is 23.7 Å². The van der Waals surface area contributed by atoms with Crippen molar-refractivity contribution in [1.29, 1.82) is 0 Å². The van der Waals surface area contributed by atoms with Crippen LogP contribution < -0.4 is 10.9 Å². The first-order valence-corrected chi connectivity index (χ1v) is 9.13. The zero-order valence-electron chi connectivity index (χ0n) is 14.1. The zero-order chi connectivity index (χ0) is 18.9. The summed E-state index contributed by atoms with van der Waals surface area (Å²) < 4.78 is 4.55. The van der Waals surface area contributed by atoms with Crippen molar-refractivity contribution in [2.75, 3.05) is 19.4 Å². The second kappa shape index (κ2) is 9.98. The SMILES string of the molecule is COC(=O)Cc1cc(=O)[nH]c(SCC(=O)NCCc2cccc(Cl)c2)n1. The van der Waals surface area contributed by atoms with Gasteiger partial charge in [-0.3, -0.25) is 14.4 Å². The molecule has 1 aromatic heterocycles. The van der Waals surface area contributed by atoms with Crippen LogP contribution in [0.3, 0.4) is 0 Å². The quantitative estimate of drug-likeness (QED) is 0.400. The van der Waals surface area contributed by atoms with Gasteiger partial charge in [0.05, 0.1) is 25.0 Å². The van der Waals surface area contributed by atoms with E-state index in [2.05, 4.69) is 20.0 Å². The molecule has 0 saturated carbocycles. The Hall–Kier alpha value is -2.32. The van der Waals surface area contributed by atoms with Gasteiger partial charge in [-0.1, -0.05) is 35.5 Å². The van der Waals surface area contributed by atoms with Crippen LogP contribution >= 0.6 is 23.4 Å². The molecule has 7 nitrogen and oxygen atoms in total. The monoisotopic (exact) mass is 395 g/mol. The fraction of sp³-hybridized carbons (Fsp3) is 0.294. The Kier molecular flexibility index (Phi) is 7.68. The van der Waals surface area contributed by atoms with Crippen molar-refractivity contribution in [3.05, 3.63) is 57.0 Å². The molecule has 0 spiro atoms. The van der Waals surface area contributed by atoms with Gasteiger partial charge < -0.3 is 15.0 Å². The molecule has 0 aliphatic carbocycles. The number of aromatic amines is 1. The van der Waals surface area contributed by atoms with Crippen molar-refractivity contribution in [3.63, 3.8) is 0 Å². The molecule has 0 saturated heterocycles. The lowest BCUT2D eigenvalue weighted by Gasteiger charge is -2.06. The molecule has 0 atom stereocenters. The molecule has 1 heterocycles. The van der Waals surface area contributed by atoms with Crippen LogP contribution in [0.1, 0.15) is 11.3 Å². The van der Waals surface area contributed by atoms with Gasteiger partial charge in [-0.2, -0.15) is 0 Å². The molecule has 0 radical (unpaired) electrons. The van der Waals surface area contributed by atoms with E-state index in [-0.39, 0.29) is 28.8 Å². The maximum Gasteiger partial charge on any atom is 0.311 e. The van der Waals surface area contributed by atoms with Crippen LogP contribution in [0.5, 0.6) is 0 Å². The predicted molar refractivity (Wildman–Crippen MR) is 99.5 cm³/mol. The number of nitrogens with zero attached hydrogens (tertiary/aromatic N) is 1. The summed E-state index contributed by atoms with van der Waals surface area (Å²) in [5, 5.41) is 3.73. The number of benzene rings is 1. The Morgan fingerprint density at radius 2 is 2.15 bits per heavy atom. The van der Waals surface area contributed by atoms with E-state index in [9.17, 15) is 14.4 Å². The molecule has 2 rings (SSSR count). The number of amides is 1. The minimum absolute atomic E-state index is 0.0974. The number of hydrogen-bond donors (Lipinski definition) is 2. The number of methoxy groups -OCH3 is 1. The van der Waals surface area contributed by atoms with Gasteiger partial charge in [-0.05, 0) is 24.1 Å². The number of halogens is 1. The number of carbonyl (C=O) groups excluding carboxylic acids is 2. The molecule has 0 fully saturated rings. The molecular weight excluding hydrogens is 378 g/mol. The first-order chi connectivity index (χ1) is 12.5. The third-order valence-corrected chi connectivity index (χ3v) is 4.40. The Morgan fingerprint density at radius 1 is 1.35 bits per heavy atom. The van der Waals surface area contributed by atoms with Crippen LogP contribution in [0, 0.1) is 0 Å². The second-order valence-electron chi connectivity index (χ2n) is 5.31. The van der Waals surface area contributed by atoms with Crippen molar-refractivity contribution in [2.45, 2.75) is 18.0 Å². The lowest BCUT2D eigenvalue weighted by molar-refractivity contribution is -0.139. The van der Waals surface area contributed by atoms with E-state index in [1.807, 2.05) is 18.2 Å². The maximum atomic E-state index is 11.9. The van der Waals surface area contributed by atoms with E-state index in [4.69, 9.17) is 11.6 Å². The first-order valence-electron chi connectivity index (χ1n) is 7.77. The number of esters is 1. The second-order valence-corrected chi connectivity index (χ2v) is 6.71. The molecule has 138 valence electrons. The highest BCUT2D eigenvalue weighted by atomic mass is 35.5. The number of nitrogens with one attached hydrogen (secondary N) is 2. The fourth-order valence-corrected chi connectivity index (χ4v) is 3.02. The van der Waals surface area contributed by atoms with Gasteiger partial charge in [0.1, 0.15) is 0 Å². The van der Waals surface area contributed by atoms with Crippen molar-refractivity contribution in [2.24, 2.45) is 0 Å². The number of carbonyl (C=O) groups is 2. The van der Waals surface area contributed by atoms with E-state index >= 15 is 0 Å². The van der Waals surface area contributed by atoms with Gasteiger partial charge in [-0.25, -0.2) is 4.98 Å². The van der Waals surface area contributed by atoms with Gasteiger partial charge >= 0.3 is 5.97 Å². The van der Waals surface area contributed by atoms with Gasteiger partial charge in [0.15, 0.2) is 5.16 Å². The minimum atomic E-state index is -0.488. The molecule has 1 amide bonds. The zero-order valence-corrected chi connectivity index (χ0v) is 15.7. The first kappa shape index (κ1) is 20.0. The highest BCUT2D eigenvalue weighted by Gasteiger charge is 2.09. The summed E-state index contributed by atoms with van der Waals surface area (Å²) in [6.07, 6.45) is 0.570. The summed E-state index contributed by atoms with van der Waals surface area (Å²) >= 11 is 7.00. The Balaban J connectivity index is 1.81. The standard InChI is InChI=1S/C17H18ClN3O4S/c1-25-16(24)9-13-8-14(22)21-17(20-13)26-10-15(23)19-6-5-11-3-2-4-12(18)7-11/h2-4,7-8H,5-6,9-10H2,1H3,(H,19,23)(H,20,21,22). The fourth-order valence-electron chi connectivity index (χ4n) is 2.09. The predicted octanol–water partition coefficient (Wildman–Crippen LogP) is 1.59. The number of aromatic nitrogens is 2. The van der Waals surface area contributed by atoms with E-state index in [1.54, 1.807) is 6.07 Å². The van der Waals surface area contributed by atoms with Gasteiger partial charge in [0.2, 0.25) is 5.91 Å². The number of H-pyrrole nitrogens is 1. The largest absolute Gasteiger partial charge is 0.469 e. The number of ether oxygens (including phenoxy) is 1. The average Bonchev–Trinajstić information content (AvgIpc) is 2.59. The Morgan fingerprint density at radius 3 is 2.88 bits per heavy atom. The summed E-state index contributed by atoms with van der Waals surface area (Å²) in [5.41, 5.74) is 0.944. The molecule has 0 aliphatic heterocycles. The minimum Gasteiger partial charge on any atom is -0.469 e. The van der Waals surface area contributed by atoms with Crippen LogP contribution in [0.15, 0.2) is 40.3 Å². The molecule has 2 N–H and O–H groups in total. The van der Waals surface area contributed by atoms with Crippen molar-refractivity contribution < 1.29 is 14.3 Å². The third-order valence-electron chi connectivity index (χ3n) is 3.29. The molecule has 9 heteroatoms. The van der Waals surface area contributed by atoms with Crippen molar-refractivity contribution in [3.8, 4) is 0 Å². The molecule has 26 heavy (non-hydrogen) atoms. The molecule has 0 unspecified atom stereocenters. The van der Waals surface area contributed by atoms with E-state index in [0.717, 1.165) is 17.3 Å². The van der Waals surface area contributed by atoms with Crippen LogP contribution in [0.4, 0.5) is 0 Å². The lowest BCUT2D eigenvalue weighted by atomic mass is 10.1. The van der Waals surface area contributed by atoms with E-state index in [1.165, 1.54) is 13.2 Å². The highest BCUT2D eigenvalue weighted by molar-refractivity contribution is 7.99. The summed E-state index contributed by atoms with van der Waals surface area (Å²) in [6, 6.07) is 8.67.